The van der Waals surface area contributed by atoms with Crippen molar-refractivity contribution >= 4 is 23.3 Å². The highest BCUT2D eigenvalue weighted by Gasteiger charge is 2.31. The first-order valence-electron chi connectivity index (χ1n) is 9.49. The van der Waals surface area contributed by atoms with Gasteiger partial charge < -0.3 is 9.64 Å². The van der Waals surface area contributed by atoms with Crippen molar-refractivity contribution < 1.29 is 27.5 Å². The van der Waals surface area contributed by atoms with E-state index >= 15 is 0 Å². The van der Waals surface area contributed by atoms with Crippen molar-refractivity contribution in [2.75, 3.05) is 13.1 Å². The molecule has 0 atom stereocenters. The van der Waals surface area contributed by atoms with Gasteiger partial charge in [-0.3, -0.25) is 9.59 Å². The van der Waals surface area contributed by atoms with Crippen LogP contribution >= 0.6 is 11.6 Å². The number of carbonyl (C=O) groups excluding carboxylic acids is 2. The summed E-state index contributed by atoms with van der Waals surface area (Å²) >= 11 is 5.80. The lowest BCUT2D eigenvalue weighted by Crippen LogP contribution is -2.41. The van der Waals surface area contributed by atoms with E-state index in [1.807, 2.05) is 0 Å². The molecule has 0 aliphatic carbocycles. The molecule has 0 radical (unpaired) electrons. The lowest BCUT2D eigenvalue weighted by atomic mass is 10.0. The lowest BCUT2D eigenvalue weighted by Gasteiger charge is -2.32. The molecule has 1 fully saturated rings. The number of alkyl halides is 3. The van der Waals surface area contributed by atoms with Gasteiger partial charge in [-0.15, -0.1) is 0 Å². The maximum absolute atomic E-state index is 12.6. The number of benzene rings is 1. The standard InChI is InChI=1S/C21H20ClF3N2O3/c22-16-4-1-14(2-5-16)18(28)6-8-20(29)27-11-9-17(10-12-27)30-19-7-3-15(13-26-19)21(23,24)25/h1-5,7,13,17H,6,8-12H2. The van der Waals surface area contributed by atoms with E-state index in [9.17, 15) is 22.8 Å². The van der Waals surface area contributed by atoms with Gasteiger partial charge in [0.05, 0.1) is 5.56 Å². The second-order valence-corrected chi connectivity index (χ2v) is 7.45. The van der Waals surface area contributed by atoms with Crippen LogP contribution in [0, 0.1) is 0 Å². The van der Waals surface area contributed by atoms with Crippen molar-refractivity contribution in [3.8, 4) is 5.88 Å². The Balaban J connectivity index is 1.43. The Hall–Kier alpha value is -2.61. The number of amides is 1. The van der Waals surface area contributed by atoms with E-state index in [0.29, 0.717) is 36.5 Å². The molecule has 0 spiro atoms. The normalized spacial score (nSPS) is 15.1. The minimum Gasteiger partial charge on any atom is -0.474 e. The third-order valence-electron chi connectivity index (χ3n) is 4.88. The molecule has 1 aromatic heterocycles. The summed E-state index contributed by atoms with van der Waals surface area (Å²) in [5, 5.41) is 0.541. The molecule has 1 aromatic carbocycles. The fraction of sp³-hybridized carbons (Fsp3) is 0.381. The summed E-state index contributed by atoms with van der Waals surface area (Å²) in [4.78, 5) is 29.9. The number of piperidine rings is 1. The van der Waals surface area contributed by atoms with Crippen molar-refractivity contribution in [1.82, 2.24) is 9.88 Å². The van der Waals surface area contributed by atoms with Crippen molar-refractivity contribution in [3.63, 3.8) is 0 Å². The van der Waals surface area contributed by atoms with Crippen LogP contribution in [0.25, 0.3) is 0 Å². The van der Waals surface area contributed by atoms with Crippen LogP contribution in [0.5, 0.6) is 5.88 Å². The van der Waals surface area contributed by atoms with Gasteiger partial charge in [-0.25, -0.2) is 4.98 Å². The molecule has 1 saturated heterocycles. The fourth-order valence-electron chi connectivity index (χ4n) is 3.17. The number of carbonyl (C=O) groups is 2. The highest BCUT2D eigenvalue weighted by molar-refractivity contribution is 6.30. The SMILES string of the molecule is O=C(CCC(=O)N1CCC(Oc2ccc(C(F)(F)F)cn2)CC1)c1ccc(Cl)cc1. The number of halogens is 4. The van der Waals surface area contributed by atoms with Crippen molar-refractivity contribution in [1.29, 1.82) is 0 Å². The molecule has 9 heteroatoms. The van der Waals surface area contributed by atoms with Crippen molar-refractivity contribution in [2.24, 2.45) is 0 Å². The first-order valence-corrected chi connectivity index (χ1v) is 9.86. The van der Waals surface area contributed by atoms with Gasteiger partial charge in [0, 0.05) is 61.6 Å². The molecule has 2 aromatic rings. The largest absolute Gasteiger partial charge is 0.474 e. The maximum atomic E-state index is 12.6. The van der Waals surface area contributed by atoms with Gasteiger partial charge in [-0.1, -0.05) is 11.6 Å². The third kappa shape index (κ3) is 5.95. The van der Waals surface area contributed by atoms with Gasteiger partial charge in [-0.05, 0) is 30.3 Å². The molecule has 0 unspecified atom stereocenters. The predicted molar refractivity (Wildman–Crippen MR) is 104 cm³/mol. The Morgan fingerprint density at radius 1 is 1.07 bits per heavy atom. The predicted octanol–water partition coefficient (Wildman–Crippen LogP) is 4.79. The first kappa shape index (κ1) is 22.1. The number of likely N-dealkylation sites (tertiary alicyclic amines) is 1. The number of nitrogens with zero attached hydrogens (tertiary/aromatic N) is 2. The number of pyridine rings is 1. The first-order chi connectivity index (χ1) is 14.2. The second-order valence-electron chi connectivity index (χ2n) is 7.01. The van der Waals surface area contributed by atoms with E-state index in [0.717, 1.165) is 12.3 Å². The van der Waals surface area contributed by atoms with Crippen LogP contribution in [-0.2, 0) is 11.0 Å². The highest BCUT2D eigenvalue weighted by Crippen LogP contribution is 2.29. The average molecular weight is 441 g/mol. The molecule has 1 amide bonds. The van der Waals surface area contributed by atoms with Gasteiger partial charge >= 0.3 is 6.18 Å². The van der Waals surface area contributed by atoms with Gasteiger partial charge in [-0.2, -0.15) is 13.2 Å². The van der Waals surface area contributed by atoms with Gasteiger partial charge in [0.2, 0.25) is 11.8 Å². The molecule has 1 aliphatic heterocycles. The monoisotopic (exact) mass is 440 g/mol. The number of aromatic nitrogens is 1. The zero-order valence-corrected chi connectivity index (χ0v) is 16.7. The molecule has 30 heavy (non-hydrogen) atoms. The van der Waals surface area contributed by atoms with Crippen LogP contribution in [0.3, 0.4) is 0 Å². The summed E-state index contributed by atoms with van der Waals surface area (Å²) < 4.78 is 43.4. The Morgan fingerprint density at radius 3 is 2.30 bits per heavy atom. The maximum Gasteiger partial charge on any atom is 0.417 e. The van der Waals surface area contributed by atoms with Crippen LogP contribution in [-0.4, -0.2) is 40.8 Å². The number of hydrogen-bond acceptors (Lipinski definition) is 4. The zero-order chi connectivity index (χ0) is 21.7. The average Bonchev–Trinajstić information content (AvgIpc) is 2.72. The minimum absolute atomic E-state index is 0.108. The molecular weight excluding hydrogens is 421 g/mol. The number of hydrogen-bond donors (Lipinski definition) is 0. The molecular formula is C21H20ClF3N2O3. The Labute approximate surface area is 176 Å². The van der Waals surface area contributed by atoms with Gasteiger partial charge in [0.15, 0.2) is 5.78 Å². The molecule has 0 N–H and O–H groups in total. The molecule has 5 nitrogen and oxygen atoms in total. The van der Waals surface area contributed by atoms with Crippen molar-refractivity contribution in [3.05, 3.63) is 58.7 Å². The van der Waals surface area contributed by atoms with Crippen LogP contribution in [0.2, 0.25) is 5.02 Å². The second kappa shape index (κ2) is 9.47. The van der Waals surface area contributed by atoms with Gasteiger partial charge in [0.25, 0.3) is 0 Å². The molecule has 2 heterocycles. The number of ether oxygens (including phenoxy) is 1. The molecule has 0 saturated carbocycles. The molecule has 1 aliphatic rings. The lowest BCUT2D eigenvalue weighted by molar-refractivity contribution is -0.137. The summed E-state index contributed by atoms with van der Waals surface area (Å²) in [5.41, 5.74) is -0.313. The molecule has 160 valence electrons. The minimum atomic E-state index is -4.44. The van der Waals surface area contributed by atoms with E-state index in [4.69, 9.17) is 16.3 Å². The van der Waals surface area contributed by atoms with E-state index < -0.39 is 11.7 Å². The summed E-state index contributed by atoms with van der Waals surface area (Å²) in [6, 6.07) is 8.65. The summed E-state index contributed by atoms with van der Waals surface area (Å²) in [7, 11) is 0. The summed E-state index contributed by atoms with van der Waals surface area (Å²) in [5.74, 6) is -0.101. The van der Waals surface area contributed by atoms with Crippen LogP contribution < -0.4 is 4.74 Å². The van der Waals surface area contributed by atoms with E-state index in [-0.39, 0.29) is 36.5 Å². The smallest absolute Gasteiger partial charge is 0.417 e. The zero-order valence-electron chi connectivity index (χ0n) is 16.0. The van der Waals surface area contributed by atoms with Gasteiger partial charge in [0.1, 0.15) is 6.10 Å². The number of rotatable bonds is 6. The van der Waals surface area contributed by atoms with E-state index in [1.165, 1.54) is 6.07 Å². The topological polar surface area (TPSA) is 59.5 Å². The van der Waals surface area contributed by atoms with Crippen LogP contribution in [0.15, 0.2) is 42.6 Å². The highest BCUT2D eigenvalue weighted by atomic mass is 35.5. The van der Waals surface area contributed by atoms with Crippen molar-refractivity contribution in [2.45, 2.75) is 38.0 Å². The Bertz CT molecular complexity index is 878. The third-order valence-corrected chi connectivity index (χ3v) is 5.13. The van der Waals surface area contributed by atoms with E-state index in [2.05, 4.69) is 4.98 Å². The number of ketones is 1. The van der Waals surface area contributed by atoms with Crippen LogP contribution in [0.4, 0.5) is 13.2 Å². The summed E-state index contributed by atoms with van der Waals surface area (Å²) in [6.07, 6.45) is -2.61. The quantitative estimate of drug-likeness (QED) is 0.606. The van der Waals surface area contributed by atoms with E-state index in [1.54, 1.807) is 29.2 Å². The summed E-state index contributed by atoms with van der Waals surface area (Å²) in [6.45, 7) is 0.915. The van der Waals surface area contributed by atoms with Crippen LogP contribution in [0.1, 0.15) is 41.6 Å². The Morgan fingerprint density at radius 2 is 1.73 bits per heavy atom. The molecule has 0 bridgehead atoms. The Kier molecular flexibility index (Phi) is 6.97. The number of Topliss-reactive ketones (excluding diaryl/α,β-unsaturated/α-hetero) is 1. The molecule has 3 rings (SSSR count). The fourth-order valence-corrected chi connectivity index (χ4v) is 3.30.